The Balaban J connectivity index is 1.74. The zero-order valence-electron chi connectivity index (χ0n) is 13.3. The Labute approximate surface area is 144 Å². The quantitative estimate of drug-likeness (QED) is 0.744. The van der Waals surface area contributed by atoms with E-state index in [1.165, 1.54) is 24.3 Å². The fourth-order valence-electron chi connectivity index (χ4n) is 2.19. The summed E-state index contributed by atoms with van der Waals surface area (Å²) in [7, 11) is 0. The Kier molecular flexibility index (Phi) is 5.01. The first kappa shape index (κ1) is 16.6. The van der Waals surface area contributed by atoms with Crippen molar-refractivity contribution in [3.05, 3.63) is 83.8 Å². The maximum Gasteiger partial charge on any atom is 0.255 e. The van der Waals surface area contributed by atoms with Crippen molar-refractivity contribution in [3.8, 4) is 11.6 Å². The van der Waals surface area contributed by atoms with Crippen LogP contribution in [0.3, 0.4) is 0 Å². The molecule has 1 heterocycles. The number of benzene rings is 2. The molecule has 0 bridgehead atoms. The lowest BCUT2D eigenvalue weighted by Gasteiger charge is -2.08. The molecular formula is C19H16FN3O2. The van der Waals surface area contributed by atoms with E-state index in [0.29, 0.717) is 29.4 Å². The Bertz CT molecular complexity index is 882. The lowest BCUT2D eigenvalue weighted by molar-refractivity contribution is 0.102. The molecule has 25 heavy (non-hydrogen) atoms. The molecule has 0 atom stereocenters. The van der Waals surface area contributed by atoms with Gasteiger partial charge in [0, 0.05) is 30.1 Å². The molecule has 0 saturated heterocycles. The summed E-state index contributed by atoms with van der Waals surface area (Å²) in [4.78, 5) is 16.4. The van der Waals surface area contributed by atoms with Crippen LogP contribution in [-0.2, 0) is 6.54 Å². The fourth-order valence-corrected chi connectivity index (χ4v) is 2.19. The van der Waals surface area contributed by atoms with E-state index in [9.17, 15) is 9.18 Å². The minimum Gasteiger partial charge on any atom is -0.439 e. The number of hydrogen-bond acceptors (Lipinski definition) is 4. The Morgan fingerprint density at radius 3 is 2.68 bits per heavy atom. The highest BCUT2D eigenvalue weighted by atomic mass is 19.1. The maximum absolute atomic E-state index is 12.9. The number of rotatable bonds is 5. The average Bonchev–Trinajstić information content (AvgIpc) is 2.64. The largest absolute Gasteiger partial charge is 0.439 e. The molecule has 1 aromatic heterocycles. The van der Waals surface area contributed by atoms with Gasteiger partial charge in [-0.3, -0.25) is 4.79 Å². The minimum atomic E-state index is -0.361. The molecule has 3 N–H and O–H groups in total. The predicted molar refractivity (Wildman–Crippen MR) is 93.0 cm³/mol. The molecule has 6 heteroatoms. The van der Waals surface area contributed by atoms with Crippen molar-refractivity contribution in [2.75, 3.05) is 5.32 Å². The second-order valence-electron chi connectivity index (χ2n) is 5.30. The molecule has 0 fully saturated rings. The van der Waals surface area contributed by atoms with Crippen molar-refractivity contribution in [2.24, 2.45) is 5.73 Å². The molecule has 0 radical (unpaired) electrons. The Hall–Kier alpha value is -3.25. The molecule has 0 aliphatic rings. The van der Waals surface area contributed by atoms with Gasteiger partial charge in [0.25, 0.3) is 5.91 Å². The van der Waals surface area contributed by atoms with E-state index in [4.69, 9.17) is 10.5 Å². The van der Waals surface area contributed by atoms with E-state index in [1.807, 2.05) is 0 Å². The molecule has 0 unspecified atom stereocenters. The van der Waals surface area contributed by atoms with Crippen molar-refractivity contribution >= 4 is 11.6 Å². The van der Waals surface area contributed by atoms with E-state index >= 15 is 0 Å². The number of nitrogens with two attached hydrogens (primary N) is 1. The average molecular weight is 337 g/mol. The maximum atomic E-state index is 12.9. The molecule has 1 amide bonds. The van der Waals surface area contributed by atoms with Gasteiger partial charge in [-0.1, -0.05) is 6.07 Å². The summed E-state index contributed by atoms with van der Waals surface area (Å²) >= 11 is 0. The van der Waals surface area contributed by atoms with E-state index in [-0.39, 0.29) is 11.7 Å². The highest BCUT2D eigenvalue weighted by Gasteiger charge is 2.08. The predicted octanol–water partition coefficient (Wildman–Crippen LogP) is 3.72. The van der Waals surface area contributed by atoms with Crippen LogP contribution in [0.2, 0.25) is 0 Å². The molecule has 3 rings (SSSR count). The van der Waals surface area contributed by atoms with Crippen molar-refractivity contribution in [2.45, 2.75) is 6.54 Å². The van der Waals surface area contributed by atoms with Gasteiger partial charge in [0.2, 0.25) is 5.88 Å². The summed E-state index contributed by atoms with van der Waals surface area (Å²) in [6, 6.07) is 15.8. The standard InChI is InChI=1S/C19H16FN3O2/c20-15-4-6-16(7-5-15)23-19(24)14-2-1-3-17(11-14)25-18-10-13(12-21)8-9-22-18/h1-11H,12,21H2,(H,23,24). The van der Waals surface area contributed by atoms with Crippen LogP contribution in [0.4, 0.5) is 10.1 Å². The summed E-state index contributed by atoms with van der Waals surface area (Å²) < 4.78 is 18.6. The number of anilines is 1. The molecule has 2 aromatic carbocycles. The number of nitrogens with zero attached hydrogens (tertiary/aromatic N) is 1. The molecule has 0 aliphatic heterocycles. The van der Waals surface area contributed by atoms with Crippen molar-refractivity contribution in [1.29, 1.82) is 0 Å². The summed E-state index contributed by atoms with van der Waals surface area (Å²) in [5.41, 5.74) is 7.42. The number of carbonyl (C=O) groups is 1. The van der Waals surface area contributed by atoms with Crippen LogP contribution in [-0.4, -0.2) is 10.9 Å². The number of aromatic nitrogens is 1. The molecule has 0 spiro atoms. The second kappa shape index (κ2) is 7.55. The minimum absolute atomic E-state index is 0.319. The highest BCUT2D eigenvalue weighted by Crippen LogP contribution is 2.22. The van der Waals surface area contributed by atoms with Crippen LogP contribution < -0.4 is 15.8 Å². The summed E-state index contributed by atoms with van der Waals surface area (Å²) in [5.74, 6) is 0.203. The van der Waals surface area contributed by atoms with Gasteiger partial charge in [-0.05, 0) is 54.1 Å². The monoisotopic (exact) mass is 337 g/mol. The zero-order valence-corrected chi connectivity index (χ0v) is 13.3. The number of pyridine rings is 1. The van der Waals surface area contributed by atoms with Crippen LogP contribution in [0.5, 0.6) is 11.6 Å². The number of nitrogens with one attached hydrogen (secondary N) is 1. The first-order chi connectivity index (χ1) is 12.1. The lowest BCUT2D eigenvalue weighted by atomic mass is 10.2. The van der Waals surface area contributed by atoms with Crippen LogP contribution in [0.25, 0.3) is 0 Å². The van der Waals surface area contributed by atoms with E-state index in [1.54, 1.807) is 42.6 Å². The van der Waals surface area contributed by atoms with Crippen LogP contribution in [0.15, 0.2) is 66.9 Å². The van der Waals surface area contributed by atoms with Crippen molar-refractivity contribution in [1.82, 2.24) is 4.98 Å². The molecule has 3 aromatic rings. The highest BCUT2D eigenvalue weighted by molar-refractivity contribution is 6.04. The third-order valence-corrected chi connectivity index (χ3v) is 3.46. The fraction of sp³-hybridized carbons (Fsp3) is 0.0526. The van der Waals surface area contributed by atoms with Gasteiger partial charge >= 0.3 is 0 Å². The number of hydrogen-bond donors (Lipinski definition) is 2. The number of ether oxygens (including phenoxy) is 1. The zero-order chi connectivity index (χ0) is 17.6. The summed E-state index contributed by atoms with van der Waals surface area (Å²) in [5, 5.41) is 2.70. The topological polar surface area (TPSA) is 77.2 Å². The molecule has 0 saturated carbocycles. The second-order valence-corrected chi connectivity index (χ2v) is 5.30. The van der Waals surface area contributed by atoms with Gasteiger partial charge in [0.05, 0.1) is 0 Å². The summed E-state index contributed by atoms with van der Waals surface area (Å²) in [6.45, 7) is 0.388. The van der Waals surface area contributed by atoms with Gasteiger partial charge in [0.1, 0.15) is 11.6 Å². The first-order valence-electron chi connectivity index (χ1n) is 7.64. The third-order valence-electron chi connectivity index (χ3n) is 3.46. The Morgan fingerprint density at radius 1 is 1.12 bits per heavy atom. The first-order valence-corrected chi connectivity index (χ1v) is 7.64. The van der Waals surface area contributed by atoms with Crippen LogP contribution in [0, 0.1) is 5.82 Å². The van der Waals surface area contributed by atoms with Gasteiger partial charge in [-0.25, -0.2) is 9.37 Å². The third kappa shape index (κ3) is 4.39. The van der Waals surface area contributed by atoms with Crippen molar-refractivity contribution in [3.63, 3.8) is 0 Å². The number of carbonyl (C=O) groups excluding carboxylic acids is 1. The SMILES string of the molecule is NCc1ccnc(Oc2cccc(C(=O)Nc3ccc(F)cc3)c2)c1. The molecular weight excluding hydrogens is 321 g/mol. The van der Waals surface area contributed by atoms with Gasteiger partial charge in [-0.15, -0.1) is 0 Å². The van der Waals surface area contributed by atoms with E-state index < -0.39 is 0 Å². The molecule has 5 nitrogen and oxygen atoms in total. The smallest absolute Gasteiger partial charge is 0.255 e. The van der Waals surface area contributed by atoms with E-state index in [2.05, 4.69) is 10.3 Å². The molecule has 126 valence electrons. The van der Waals surface area contributed by atoms with Crippen LogP contribution >= 0.6 is 0 Å². The molecule has 0 aliphatic carbocycles. The summed E-state index contributed by atoms with van der Waals surface area (Å²) in [6.07, 6.45) is 1.61. The van der Waals surface area contributed by atoms with Gasteiger partial charge in [0.15, 0.2) is 0 Å². The van der Waals surface area contributed by atoms with Crippen LogP contribution in [0.1, 0.15) is 15.9 Å². The number of halogens is 1. The lowest BCUT2D eigenvalue weighted by Crippen LogP contribution is -2.11. The van der Waals surface area contributed by atoms with Gasteiger partial charge < -0.3 is 15.8 Å². The Morgan fingerprint density at radius 2 is 1.92 bits per heavy atom. The normalized spacial score (nSPS) is 10.3. The number of amides is 1. The van der Waals surface area contributed by atoms with E-state index in [0.717, 1.165) is 5.56 Å². The van der Waals surface area contributed by atoms with Crippen molar-refractivity contribution < 1.29 is 13.9 Å². The van der Waals surface area contributed by atoms with Gasteiger partial charge in [-0.2, -0.15) is 0 Å².